The van der Waals surface area contributed by atoms with Gasteiger partial charge in [0.15, 0.2) is 0 Å². The minimum Gasteiger partial charge on any atom is -0.325 e. The predicted molar refractivity (Wildman–Crippen MR) is 83.3 cm³/mol. The van der Waals surface area contributed by atoms with Gasteiger partial charge in [-0.3, -0.25) is 0 Å². The van der Waals surface area contributed by atoms with Gasteiger partial charge >= 0.3 is 6.03 Å². The summed E-state index contributed by atoms with van der Waals surface area (Å²) in [6.07, 6.45) is 7.20. The molecule has 3 saturated heterocycles. The first-order valence-corrected chi connectivity index (χ1v) is 7.91. The van der Waals surface area contributed by atoms with Crippen molar-refractivity contribution in [1.29, 1.82) is 0 Å². The molecule has 3 aliphatic heterocycles. The van der Waals surface area contributed by atoms with Crippen LogP contribution in [-0.4, -0.2) is 54.1 Å². The Hall–Kier alpha value is -0.480. The molecule has 1 N–H and O–H groups in total. The van der Waals surface area contributed by atoms with Crippen LogP contribution in [0.2, 0.25) is 0 Å². The molecule has 2 unspecified atom stereocenters. The number of urea groups is 1. The number of rotatable bonds is 1. The molecule has 3 fully saturated rings. The number of carbonyl (C=O) groups excluding carboxylic acids is 1. The highest BCUT2D eigenvalue weighted by molar-refractivity contribution is 5.85. The lowest BCUT2D eigenvalue weighted by atomic mass is 9.98. The fourth-order valence-electron chi connectivity index (χ4n) is 3.92. The highest BCUT2D eigenvalue weighted by atomic mass is 35.5. The Morgan fingerprint density at radius 2 is 1.65 bits per heavy atom. The minimum absolute atomic E-state index is 0. The lowest BCUT2D eigenvalue weighted by Crippen LogP contribution is -2.53. The molecule has 116 valence electrons. The van der Waals surface area contributed by atoms with E-state index in [9.17, 15) is 4.79 Å². The number of hydrogen-bond donors (Lipinski definition) is 1. The molecule has 5 heteroatoms. The Balaban J connectivity index is 0.00000147. The van der Waals surface area contributed by atoms with Gasteiger partial charge in [0.05, 0.1) is 0 Å². The predicted octanol–water partition coefficient (Wildman–Crippen LogP) is 2.47. The third-order valence-corrected chi connectivity index (χ3v) is 5.35. The molecule has 20 heavy (non-hydrogen) atoms. The summed E-state index contributed by atoms with van der Waals surface area (Å²) in [7, 11) is 2.01. The monoisotopic (exact) mass is 301 g/mol. The van der Waals surface area contributed by atoms with Crippen LogP contribution in [0.5, 0.6) is 0 Å². The Morgan fingerprint density at radius 3 is 2.20 bits per heavy atom. The third-order valence-electron chi connectivity index (χ3n) is 5.35. The lowest BCUT2D eigenvalue weighted by molar-refractivity contribution is 0.115. The molecule has 4 nitrogen and oxygen atoms in total. The normalized spacial score (nSPS) is 33.7. The quantitative estimate of drug-likeness (QED) is 0.807. The summed E-state index contributed by atoms with van der Waals surface area (Å²) in [5.41, 5.74) is 0. The van der Waals surface area contributed by atoms with Crippen molar-refractivity contribution in [3.05, 3.63) is 0 Å². The summed E-state index contributed by atoms with van der Waals surface area (Å²) in [6, 6.07) is 2.02. The number of carbonyl (C=O) groups is 1. The molecular weight excluding hydrogens is 274 g/mol. The van der Waals surface area contributed by atoms with Crippen molar-refractivity contribution in [3.63, 3.8) is 0 Å². The van der Waals surface area contributed by atoms with Gasteiger partial charge in [0, 0.05) is 38.3 Å². The number of nitrogens with one attached hydrogen (secondary N) is 1. The number of hydrogen-bond acceptors (Lipinski definition) is 2. The Labute approximate surface area is 128 Å². The van der Waals surface area contributed by atoms with Crippen molar-refractivity contribution in [3.8, 4) is 0 Å². The zero-order valence-electron chi connectivity index (χ0n) is 12.7. The minimum atomic E-state index is 0. The van der Waals surface area contributed by atoms with Crippen LogP contribution >= 0.6 is 12.4 Å². The molecular formula is C15H28ClN3O. The maximum atomic E-state index is 12.6. The summed E-state index contributed by atoms with van der Waals surface area (Å²) < 4.78 is 0. The van der Waals surface area contributed by atoms with E-state index in [4.69, 9.17) is 0 Å². The molecule has 2 atom stereocenters. The van der Waals surface area contributed by atoms with Gasteiger partial charge in [-0.2, -0.15) is 0 Å². The van der Waals surface area contributed by atoms with Gasteiger partial charge < -0.3 is 15.1 Å². The van der Waals surface area contributed by atoms with Crippen LogP contribution < -0.4 is 5.32 Å². The van der Waals surface area contributed by atoms with Crippen molar-refractivity contribution in [2.75, 3.05) is 20.1 Å². The third kappa shape index (κ3) is 3.22. The molecule has 3 heterocycles. The Bertz CT molecular complexity index is 332. The Kier molecular flexibility index (Phi) is 5.19. The van der Waals surface area contributed by atoms with E-state index in [1.807, 2.05) is 11.9 Å². The number of nitrogens with zero attached hydrogens (tertiary/aromatic N) is 2. The van der Waals surface area contributed by atoms with Crippen molar-refractivity contribution in [1.82, 2.24) is 15.1 Å². The molecule has 3 aliphatic rings. The molecule has 0 aromatic carbocycles. The maximum absolute atomic E-state index is 12.6. The second-order valence-electron chi connectivity index (χ2n) is 6.83. The van der Waals surface area contributed by atoms with Crippen LogP contribution in [0, 0.1) is 5.92 Å². The molecule has 3 rings (SSSR count). The number of likely N-dealkylation sites (tertiary alicyclic amines) is 1. The van der Waals surface area contributed by atoms with E-state index in [2.05, 4.69) is 17.1 Å². The van der Waals surface area contributed by atoms with Gasteiger partial charge in [0.25, 0.3) is 0 Å². The summed E-state index contributed by atoms with van der Waals surface area (Å²) in [5.74, 6) is 0.782. The average molecular weight is 302 g/mol. The standard InChI is InChI=1S/C15H27N3O.ClH/c1-11-5-7-18(8-6-11)15(19)17(2)14-9-12-3-4-13(10-14)16-12;/h11-14,16H,3-10H2,1-2H3;1H. The van der Waals surface area contributed by atoms with Crippen LogP contribution in [0.15, 0.2) is 0 Å². The first-order chi connectivity index (χ1) is 9.13. The largest absolute Gasteiger partial charge is 0.325 e. The van der Waals surface area contributed by atoms with Crippen molar-refractivity contribution in [2.45, 2.75) is 63.6 Å². The molecule has 0 spiro atoms. The SMILES string of the molecule is CC1CCN(C(=O)N(C)C2CC3CCC(C2)N3)CC1.Cl. The lowest BCUT2D eigenvalue weighted by Gasteiger charge is -2.39. The van der Waals surface area contributed by atoms with Gasteiger partial charge in [-0.1, -0.05) is 6.92 Å². The van der Waals surface area contributed by atoms with E-state index in [0.717, 1.165) is 44.7 Å². The zero-order chi connectivity index (χ0) is 13.4. The van der Waals surface area contributed by atoms with E-state index >= 15 is 0 Å². The topological polar surface area (TPSA) is 35.6 Å². The number of piperidine rings is 2. The van der Waals surface area contributed by atoms with Crippen molar-refractivity contribution < 1.29 is 4.79 Å². The molecule has 0 aromatic rings. The van der Waals surface area contributed by atoms with Crippen LogP contribution in [0.4, 0.5) is 4.79 Å². The number of halogens is 1. The van der Waals surface area contributed by atoms with E-state index in [1.54, 1.807) is 0 Å². The van der Waals surface area contributed by atoms with E-state index < -0.39 is 0 Å². The average Bonchev–Trinajstić information content (AvgIpc) is 2.76. The van der Waals surface area contributed by atoms with Crippen LogP contribution in [-0.2, 0) is 0 Å². The maximum Gasteiger partial charge on any atom is 0.319 e. The van der Waals surface area contributed by atoms with E-state index in [-0.39, 0.29) is 18.4 Å². The highest BCUT2D eigenvalue weighted by Gasteiger charge is 2.37. The summed E-state index contributed by atoms with van der Waals surface area (Å²) >= 11 is 0. The molecule has 2 amide bonds. The Morgan fingerprint density at radius 1 is 1.10 bits per heavy atom. The van der Waals surface area contributed by atoms with Crippen LogP contribution in [0.3, 0.4) is 0 Å². The van der Waals surface area contributed by atoms with Gasteiger partial charge in [-0.15, -0.1) is 12.4 Å². The second-order valence-corrected chi connectivity index (χ2v) is 6.83. The van der Waals surface area contributed by atoms with Crippen molar-refractivity contribution >= 4 is 18.4 Å². The molecule has 2 bridgehead atoms. The summed E-state index contributed by atoms with van der Waals surface area (Å²) in [6.45, 7) is 4.18. The van der Waals surface area contributed by atoms with Gasteiger partial charge in [-0.25, -0.2) is 4.79 Å². The zero-order valence-corrected chi connectivity index (χ0v) is 13.5. The van der Waals surface area contributed by atoms with Gasteiger partial charge in [0.2, 0.25) is 0 Å². The summed E-state index contributed by atoms with van der Waals surface area (Å²) in [5, 5.41) is 3.65. The van der Waals surface area contributed by atoms with Crippen LogP contribution in [0.1, 0.15) is 45.4 Å². The smallest absolute Gasteiger partial charge is 0.319 e. The molecule has 0 aromatic heterocycles. The van der Waals surface area contributed by atoms with Crippen molar-refractivity contribution in [2.24, 2.45) is 5.92 Å². The van der Waals surface area contributed by atoms with Gasteiger partial charge in [-0.05, 0) is 44.4 Å². The number of fused-ring (bicyclic) bond motifs is 2. The van der Waals surface area contributed by atoms with Gasteiger partial charge in [0.1, 0.15) is 0 Å². The second kappa shape index (κ2) is 6.52. The molecule has 0 saturated carbocycles. The fourth-order valence-corrected chi connectivity index (χ4v) is 3.92. The molecule has 0 aliphatic carbocycles. The first kappa shape index (κ1) is 15.9. The first-order valence-electron chi connectivity index (χ1n) is 7.91. The molecule has 0 radical (unpaired) electrons. The van der Waals surface area contributed by atoms with E-state index in [0.29, 0.717) is 18.1 Å². The highest BCUT2D eigenvalue weighted by Crippen LogP contribution is 2.30. The number of amides is 2. The van der Waals surface area contributed by atoms with E-state index in [1.165, 1.54) is 12.8 Å². The fraction of sp³-hybridized carbons (Fsp3) is 0.933. The van der Waals surface area contributed by atoms with Crippen LogP contribution in [0.25, 0.3) is 0 Å². The summed E-state index contributed by atoms with van der Waals surface area (Å²) in [4.78, 5) is 16.7.